The number of aromatic nitrogens is 2. The third kappa shape index (κ3) is 7.20. The van der Waals surface area contributed by atoms with Crippen LogP contribution < -0.4 is 5.56 Å². The molecule has 1 saturated heterocycles. The number of aromatic amines is 1. The number of piperazine rings is 1. The minimum atomic E-state index is -0.515. The lowest BCUT2D eigenvalue weighted by molar-refractivity contribution is -0.145. The first-order chi connectivity index (χ1) is 26.1. The van der Waals surface area contributed by atoms with E-state index in [0.717, 1.165) is 87.0 Å². The van der Waals surface area contributed by atoms with Crippen LogP contribution in [0, 0.1) is 40.3 Å². The van der Waals surface area contributed by atoms with Gasteiger partial charge in [0.1, 0.15) is 11.6 Å². The topological polar surface area (TPSA) is 95.6 Å². The monoisotopic (exact) mass is 738 g/mol. The molecule has 4 aliphatic carbocycles. The largest absolute Gasteiger partial charge is 0.378 e. The highest BCUT2D eigenvalue weighted by Gasteiger charge is 2.60. The van der Waals surface area contributed by atoms with Crippen LogP contribution >= 0.6 is 0 Å². The summed E-state index contributed by atoms with van der Waals surface area (Å²) in [4.78, 5) is 42.1. The van der Waals surface area contributed by atoms with E-state index in [0.29, 0.717) is 59.2 Å². The Hall–Kier alpha value is -3.43. The highest BCUT2D eigenvalue weighted by atomic mass is 19.1. The molecular weight excluding hydrogens is 680 g/mol. The van der Waals surface area contributed by atoms with Crippen LogP contribution in [-0.4, -0.2) is 77.1 Å². The number of nitrogens with zero attached hydrogens (tertiary/aromatic N) is 3. The van der Waals surface area contributed by atoms with E-state index >= 15 is 0 Å². The molecule has 1 unspecified atom stereocenters. The van der Waals surface area contributed by atoms with Gasteiger partial charge in [-0.25, -0.2) is 9.49 Å². The van der Waals surface area contributed by atoms with Crippen LogP contribution in [0.25, 0.3) is 10.8 Å². The van der Waals surface area contributed by atoms with Gasteiger partial charge in [0, 0.05) is 57.4 Å². The van der Waals surface area contributed by atoms with E-state index < -0.39 is 5.82 Å². The molecule has 0 radical (unpaired) electrons. The average molecular weight is 739 g/mol. The first-order valence-corrected chi connectivity index (χ1v) is 21.0. The number of ketones is 1. The zero-order valence-electron chi connectivity index (χ0n) is 32.4. The molecule has 2 aromatic carbocycles. The Morgan fingerprint density at radius 1 is 0.889 bits per heavy atom. The Balaban J connectivity index is 0.744. The number of carbonyl (C=O) groups is 2. The summed E-state index contributed by atoms with van der Waals surface area (Å²) in [5.41, 5.74) is 1.98. The number of rotatable bonds is 11. The molecule has 4 saturated carbocycles. The predicted octanol–water partition coefficient (Wildman–Crippen LogP) is 7.97. The number of fused-ring (bicyclic) bond motifs is 6. The minimum absolute atomic E-state index is 0.0892. The number of unbranched alkanes of at least 4 members (excludes halogenated alkanes) is 3. The van der Waals surface area contributed by atoms with Crippen molar-refractivity contribution < 1.29 is 18.7 Å². The number of H-pyrrole nitrogens is 1. The van der Waals surface area contributed by atoms with Crippen molar-refractivity contribution in [3.63, 3.8) is 0 Å². The van der Waals surface area contributed by atoms with Gasteiger partial charge < -0.3 is 9.64 Å². The Bertz CT molecular complexity index is 1910. The molecule has 1 N–H and O–H groups in total. The molecule has 5 fully saturated rings. The summed E-state index contributed by atoms with van der Waals surface area (Å²) in [6.45, 7) is 9.73. The molecule has 0 bridgehead atoms. The van der Waals surface area contributed by atoms with Crippen molar-refractivity contribution in [1.29, 1.82) is 0 Å². The van der Waals surface area contributed by atoms with Crippen molar-refractivity contribution in [3.05, 3.63) is 75.5 Å². The number of carbonyl (C=O) groups excluding carboxylic acids is 2. The lowest BCUT2D eigenvalue weighted by atomic mass is 9.45. The van der Waals surface area contributed by atoms with Crippen LogP contribution in [0.15, 0.2) is 47.3 Å². The molecule has 3 aromatic rings. The fourth-order valence-electron chi connectivity index (χ4n) is 12.0. The van der Waals surface area contributed by atoms with Gasteiger partial charge in [-0.15, -0.1) is 0 Å². The van der Waals surface area contributed by atoms with Gasteiger partial charge in [0.15, 0.2) is 0 Å². The summed E-state index contributed by atoms with van der Waals surface area (Å²) in [5.74, 6) is 2.73. The fraction of sp³-hybridized carbons (Fsp3) is 0.644. The van der Waals surface area contributed by atoms with Gasteiger partial charge in [-0.05, 0) is 123 Å². The van der Waals surface area contributed by atoms with Crippen LogP contribution in [0.5, 0.6) is 0 Å². The Morgan fingerprint density at radius 2 is 1.67 bits per heavy atom. The van der Waals surface area contributed by atoms with Crippen LogP contribution in [0.1, 0.15) is 119 Å². The van der Waals surface area contributed by atoms with Gasteiger partial charge in [0.05, 0.1) is 22.7 Å². The Morgan fingerprint density at radius 3 is 2.50 bits per heavy atom. The molecule has 1 aliphatic heterocycles. The highest BCUT2D eigenvalue weighted by molar-refractivity contribution is 5.95. The van der Waals surface area contributed by atoms with Crippen molar-refractivity contribution in [2.45, 2.75) is 110 Å². The smallest absolute Gasteiger partial charge is 0.272 e. The van der Waals surface area contributed by atoms with E-state index in [1.807, 2.05) is 18.2 Å². The lowest BCUT2D eigenvalue weighted by Crippen LogP contribution is -2.54. The molecule has 7 atom stereocenters. The van der Waals surface area contributed by atoms with Gasteiger partial charge in [-0.1, -0.05) is 51.0 Å². The number of amides is 1. The minimum Gasteiger partial charge on any atom is -0.378 e. The predicted molar refractivity (Wildman–Crippen MR) is 209 cm³/mol. The normalized spacial score (nSPS) is 31.3. The van der Waals surface area contributed by atoms with Crippen molar-refractivity contribution in [2.24, 2.45) is 34.5 Å². The Labute approximate surface area is 319 Å². The molecule has 5 aliphatic rings. The van der Waals surface area contributed by atoms with Crippen LogP contribution in [0.4, 0.5) is 4.39 Å². The zero-order valence-corrected chi connectivity index (χ0v) is 32.4. The summed E-state index contributed by atoms with van der Waals surface area (Å²) in [5, 5.41) is 8.12. The molecule has 8 rings (SSSR count). The molecule has 1 amide bonds. The summed E-state index contributed by atoms with van der Waals surface area (Å²) in [6.07, 6.45) is 15.8. The second kappa shape index (κ2) is 15.6. The third-order valence-electron chi connectivity index (χ3n) is 15.1. The van der Waals surface area contributed by atoms with Gasteiger partial charge >= 0.3 is 0 Å². The van der Waals surface area contributed by atoms with E-state index in [9.17, 15) is 18.8 Å². The van der Waals surface area contributed by atoms with Gasteiger partial charge in [-0.3, -0.25) is 19.3 Å². The molecular formula is C45H59FN4O4. The van der Waals surface area contributed by atoms with Gasteiger partial charge in [0.2, 0.25) is 0 Å². The van der Waals surface area contributed by atoms with Crippen LogP contribution in [0.2, 0.25) is 0 Å². The molecule has 290 valence electrons. The molecule has 0 spiro atoms. The zero-order chi connectivity index (χ0) is 37.5. The summed E-state index contributed by atoms with van der Waals surface area (Å²) >= 11 is 0. The maximum Gasteiger partial charge on any atom is 0.272 e. The first-order valence-electron chi connectivity index (χ1n) is 21.0. The number of benzene rings is 2. The lowest BCUT2D eigenvalue weighted by Gasteiger charge is -2.60. The number of Topliss-reactive ketones (excluding diaryl/α,β-unsaturated/α-hetero) is 1. The summed E-state index contributed by atoms with van der Waals surface area (Å²) in [6, 6.07) is 12.0. The van der Waals surface area contributed by atoms with E-state index in [2.05, 4.69) is 28.9 Å². The van der Waals surface area contributed by atoms with Crippen LogP contribution in [0.3, 0.4) is 0 Å². The van der Waals surface area contributed by atoms with Crippen molar-refractivity contribution in [1.82, 2.24) is 20.0 Å². The summed E-state index contributed by atoms with van der Waals surface area (Å²) in [7, 11) is 0. The van der Waals surface area contributed by atoms with E-state index in [1.165, 1.54) is 57.4 Å². The molecule has 8 nitrogen and oxygen atoms in total. The van der Waals surface area contributed by atoms with Gasteiger partial charge in [0.25, 0.3) is 11.5 Å². The summed E-state index contributed by atoms with van der Waals surface area (Å²) < 4.78 is 21.7. The maximum absolute atomic E-state index is 15.0. The van der Waals surface area contributed by atoms with E-state index in [4.69, 9.17) is 4.74 Å². The van der Waals surface area contributed by atoms with Crippen molar-refractivity contribution in [3.8, 4) is 0 Å². The first kappa shape index (κ1) is 37.5. The number of hydrogen-bond acceptors (Lipinski definition) is 6. The highest BCUT2D eigenvalue weighted by Crippen LogP contribution is 2.66. The fourth-order valence-corrected chi connectivity index (χ4v) is 12.0. The Kier molecular flexibility index (Phi) is 10.8. The molecule has 54 heavy (non-hydrogen) atoms. The second-order valence-corrected chi connectivity index (χ2v) is 18.0. The number of hydrogen-bond donors (Lipinski definition) is 1. The van der Waals surface area contributed by atoms with E-state index in [-0.39, 0.29) is 17.0 Å². The molecule has 2 heterocycles. The van der Waals surface area contributed by atoms with Crippen molar-refractivity contribution >= 4 is 22.5 Å². The van der Waals surface area contributed by atoms with Crippen LogP contribution in [-0.2, 0) is 16.0 Å². The third-order valence-corrected chi connectivity index (χ3v) is 15.1. The quantitative estimate of drug-likeness (QED) is 0.201. The van der Waals surface area contributed by atoms with E-state index in [1.54, 1.807) is 23.1 Å². The number of nitrogens with one attached hydrogen (secondary N) is 1. The molecule has 1 aromatic heterocycles. The standard InChI is InChI=1S/C45H59FN4O4/c1-44-19-17-32(51)29-31(44)12-13-35-37-14-16-41(45(37,2)20-18-38(35)44)54-26-8-4-3-7-21-49-22-24-50(25-23-49)43(53)36-27-30(11-15-39(36)46)28-40-33-9-5-6-10-34(33)42(52)48-47-40/h5-6,9-11,15,27,31,35,37-38,41H,3-4,7-8,12-14,16-26,28-29H2,1-2H3,(H,48,52)/t31-,35-,37-,38-,41?,44-,45-/m0/s1. The number of halogens is 1. The maximum atomic E-state index is 15.0. The second-order valence-electron chi connectivity index (χ2n) is 18.0. The van der Waals surface area contributed by atoms with Gasteiger partial charge in [-0.2, -0.15) is 5.10 Å². The van der Waals surface area contributed by atoms with Crippen molar-refractivity contribution in [2.75, 3.05) is 39.3 Å². The SMILES string of the molecule is C[C@]12CCC(=O)C[C@@H]1CC[C@@H]1[C@@H]2CC[C@]2(C)C(OCCCCCCN3CCN(C(=O)c4cc(Cc5n[nH]c(=O)c6ccccc56)ccc4F)CC3)CC[C@@H]12. The average Bonchev–Trinajstić information content (AvgIpc) is 3.52. The molecule has 9 heteroatoms. The number of ether oxygens (including phenoxy) is 1.